The molecule has 1 atom stereocenters. The van der Waals surface area contributed by atoms with Crippen LogP contribution in [0.2, 0.25) is 0 Å². The van der Waals surface area contributed by atoms with Gasteiger partial charge in [-0.2, -0.15) is 5.10 Å². The topological polar surface area (TPSA) is 67.2 Å². The minimum atomic E-state index is -0.209. The van der Waals surface area contributed by atoms with Crippen molar-refractivity contribution in [1.82, 2.24) is 15.1 Å². The summed E-state index contributed by atoms with van der Waals surface area (Å²) in [4.78, 5) is 12.4. The number of aliphatic hydroxyl groups is 1. The van der Waals surface area contributed by atoms with Crippen molar-refractivity contribution in [2.45, 2.75) is 32.4 Å². The Morgan fingerprint density at radius 3 is 2.62 bits per heavy atom. The first-order valence-corrected chi connectivity index (χ1v) is 7.13. The fourth-order valence-corrected chi connectivity index (χ4v) is 2.27. The average molecular weight is 287 g/mol. The van der Waals surface area contributed by atoms with Crippen molar-refractivity contribution in [2.24, 2.45) is 0 Å². The van der Waals surface area contributed by atoms with E-state index in [0.717, 1.165) is 5.56 Å². The van der Waals surface area contributed by atoms with E-state index in [1.54, 1.807) is 16.9 Å². The summed E-state index contributed by atoms with van der Waals surface area (Å²) in [6.07, 6.45) is 2.10. The van der Waals surface area contributed by atoms with Gasteiger partial charge in [-0.1, -0.05) is 30.3 Å². The number of aliphatic hydroxyl groups excluding tert-OH is 1. The van der Waals surface area contributed by atoms with Crippen LogP contribution in [0, 0.1) is 0 Å². The lowest BCUT2D eigenvalue weighted by molar-refractivity contribution is 0.0917. The maximum absolute atomic E-state index is 12.4. The first-order valence-electron chi connectivity index (χ1n) is 7.13. The Balaban J connectivity index is 2.17. The Bertz CT molecular complexity index is 578. The van der Waals surface area contributed by atoms with Crippen LogP contribution in [0.1, 0.15) is 48.4 Å². The number of rotatable bonds is 6. The van der Waals surface area contributed by atoms with Crippen LogP contribution in [0.15, 0.2) is 42.6 Å². The summed E-state index contributed by atoms with van der Waals surface area (Å²) in [6.45, 7) is 3.97. The van der Waals surface area contributed by atoms with E-state index >= 15 is 0 Å². The van der Waals surface area contributed by atoms with Gasteiger partial charge in [0.05, 0.1) is 6.04 Å². The Kier molecular flexibility index (Phi) is 5.11. The molecular weight excluding hydrogens is 266 g/mol. The van der Waals surface area contributed by atoms with E-state index in [1.165, 1.54) is 0 Å². The van der Waals surface area contributed by atoms with Crippen LogP contribution in [0.4, 0.5) is 0 Å². The molecule has 112 valence electrons. The first-order chi connectivity index (χ1) is 10.1. The molecule has 0 fully saturated rings. The largest absolute Gasteiger partial charge is 0.396 e. The molecule has 5 nitrogen and oxygen atoms in total. The SMILES string of the molecule is CC(C)n1nccc1C(=O)NC(CCO)c1ccccc1. The standard InChI is InChI=1S/C16H21N3O2/c1-12(2)19-15(8-10-17-19)16(21)18-14(9-11-20)13-6-4-3-5-7-13/h3-8,10,12,14,20H,9,11H2,1-2H3,(H,18,21). The summed E-state index contributed by atoms with van der Waals surface area (Å²) in [5.41, 5.74) is 1.51. The molecule has 2 rings (SSSR count). The molecule has 0 aliphatic heterocycles. The minimum Gasteiger partial charge on any atom is -0.396 e. The van der Waals surface area contributed by atoms with Gasteiger partial charge in [-0.05, 0) is 31.9 Å². The lowest BCUT2D eigenvalue weighted by Crippen LogP contribution is -2.31. The number of amides is 1. The van der Waals surface area contributed by atoms with Crippen molar-refractivity contribution < 1.29 is 9.90 Å². The van der Waals surface area contributed by atoms with Gasteiger partial charge in [0.15, 0.2) is 0 Å². The molecule has 1 amide bonds. The van der Waals surface area contributed by atoms with Gasteiger partial charge in [0, 0.05) is 18.8 Å². The lowest BCUT2D eigenvalue weighted by Gasteiger charge is -2.19. The predicted molar refractivity (Wildman–Crippen MR) is 81.0 cm³/mol. The number of hydrogen-bond donors (Lipinski definition) is 2. The fraction of sp³-hybridized carbons (Fsp3) is 0.375. The maximum Gasteiger partial charge on any atom is 0.270 e. The Morgan fingerprint density at radius 1 is 1.29 bits per heavy atom. The van der Waals surface area contributed by atoms with Gasteiger partial charge < -0.3 is 10.4 Å². The van der Waals surface area contributed by atoms with Gasteiger partial charge in [0.2, 0.25) is 0 Å². The van der Waals surface area contributed by atoms with Gasteiger partial charge in [-0.3, -0.25) is 9.48 Å². The van der Waals surface area contributed by atoms with Gasteiger partial charge in [-0.25, -0.2) is 0 Å². The molecule has 21 heavy (non-hydrogen) atoms. The van der Waals surface area contributed by atoms with Crippen molar-refractivity contribution >= 4 is 5.91 Å². The van der Waals surface area contributed by atoms with Crippen LogP contribution in [0.25, 0.3) is 0 Å². The third-order valence-electron chi connectivity index (χ3n) is 3.32. The monoisotopic (exact) mass is 287 g/mol. The van der Waals surface area contributed by atoms with Crippen LogP contribution in [-0.4, -0.2) is 27.4 Å². The Labute approximate surface area is 124 Å². The first kappa shape index (κ1) is 15.3. The smallest absolute Gasteiger partial charge is 0.270 e. The van der Waals surface area contributed by atoms with Crippen molar-refractivity contribution in [3.05, 3.63) is 53.9 Å². The van der Waals surface area contributed by atoms with Gasteiger partial charge >= 0.3 is 0 Å². The highest BCUT2D eigenvalue weighted by atomic mass is 16.3. The van der Waals surface area contributed by atoms with Crippen LogP contribution < -0.4 is 5.32 Å². The number of hydrogen-bond acceptors (Lipinski definition) is 3. The molecule has 0 aliphatic rings. The number of benzene rings is 1. The highest BCUT2D eigenvalue weighted by Gasteiger charge is 2.19. The predicted octanol–water partition coefficient (Wildman–Crippen LogP) is 2.32. The Hall–Kier alpha value is -2.14. The normalized spacial score (nSPS) is 12.4. The van der Waals surface area contributed by atoms with E-state index in [1.807, 2.05) is 44.2 Å². The highest BCUT2D eigenvalue weighted by molar-refractivity contribution is 5.92. The van der Waals surface area contributed by atoms with Gasteiger partial charge in [-0.15, -0.1) is 0 Å². The fourth-order valence-electron chi connectivity index (χ4n) is 2.27. The van der Waals surface area contributed by atoms with Crippen LogP contribution in [0.3, 0.4) is 0 Å². The highest BCUT2D eigenvalue weighted by Crippen LogP contribution is 2.17. The molecule has 0 saturated heterocycles. The number of nitrogens with one attached hydrogen (secondary N) is 1. The van der Waals surface area contributed by atoms with E-state index in [2.05, 4.69) is 10.4 Å². The van der Waals surface area contributed by atoms with E-state index in [9.17, 15) is 9.90 Å². The van der Waals surface area contributed by atoms with Crippen LogP contribution in [0.5, 0.6) is 0 Å². The molecule has 1 aromatic carbocycles. The van der Waals surface area contributed by atoms with E-state index < -0.39 is 0 Å². The number of carbonyl (C=O) groups excluding carboxylic acids is 1. The molecule has 5 heteroatoms. The molecule has 0 radical (unpaired) electrons. The minimum absolute atomic E-state index is 0.0171. The molecule has 0 spiro atoms. The van der Waals surface area contributed by atoms with E-state index in [-0.39, 0.29) is 24.6 Å². The zero-order valence-electron chi connectivity index (χ0n) is 12.4. The summed E-state index contributed by atoms with van der Waals surface area (Å²) in [7, 11) is 0. The summed E-state index contributed by atoms with van der Waals surface area (Å²) >= 11 is 0. The molecule has 1 aromatic heterocycles. The third kappa shape index (κ3) is 3.70. The number of nitrogens with zero attached hydrogens (tertiary/aromatic N) is 2. The molecular formula is C16H21N3O2. The Morgan fingerprint density at radius 2 is 2.00 bits per heavy atom. The number of aromatic nitrogens is 2. The molecule has 0 aliphatic carbocycles. The second kappa shape index (κ2) is 7.04. The molecule has 1 heterocycles. The molecule has 0 bridgehead atoms. The third-order valence-corrected chi connectivity index (χ3v) is 3.32. The van der Waals surface area contributed by atoms with Gasteiger partial charge in [0.25, 0.3) is 5.91 Å². The zero-order valence-corrected chi connectivity index (χ0v) is 12.4. The second-order valence-corrected chi connectivity index (χ2v) is 5.20. The maximum atomic E-state index is 12.4. The zero-order chi connectivity index (χ0) is 15.2. The molecule has 2 N–H and O–H groups in total. The van der Waals surface area contributed by atoms with E-state index in [4.69, 9.17) is 0 Å². The summed E-state index contributed by atoms with van der Waals surface area (Å²) in [6, 6.07) is 11.3. The number of carbonyl (C=O) groups is 1. The molecule has 1 unspecified atom stereocenters. The van der Waals surface area contributed by atoms with Gasteiger partial charge in [0.1, 0.15) is 5.69 Å². The average Bonchev–Trinajstić information content (AvgIpc) is 2.97. The lowest BCUT2D eigenvalue weighted by atomic mass is 10.0. The van der Waals surface area contributed by atoms with Crippen LogP contribution in [-0.2, 0) is 0 Å². The quantitative estimate of drug-likeness (QED) is 0.856. The second-order valence-electron chi connectivity index (χ2n) is 5.20. The van der Waals surface area contributed by atoms with Crippen molar-refractivity contribution in [3.8, 4) is 0 Å². The van der Waals surface area contributed by atoms with E-state index in [0.29, 0.717) is 12.1 Å². The van der Waals surface area contributed by atoms with Crippen molar-refractivity contribution in [1.29, 1.82) is 0 Å². The van der Waals surface area contributed by atoms with Crippen LogP contribution >= 0.6 is 0 Å². The summed E-state index contributed by atoms with van der Waals surface area (Å²) < 4.78 is 1.69. The van der Waals surface area contributed by atoms with Crippen molar-refractivity contribution in [2.75, 3.05) is 6.61 Å². The molecule has 2 aromatic rings. The van der Waals surface area contributed by atoms with Crippen molar-refractivity contribution in [3.63, 3.8) is 0 Å². The summed E-state index contributed by atoms with van der Waals surface area (Å²) in [5.74, 6) is -0.177. The molecule has 0 saturated carbocycles. The summed E-state index contributed by atoms with van der Waals surface area (Å²) in [5, 5.41) is 16.4.